The molecule has 6 rings (SSSR count). The molecule has 0 atom stereocenters. The minimum Gasteiger partial charge on any atom is -0.454 e. The number of carbonyl (C=O) groups excluding carboxylic acids is 2. The summed E-state index contributed by atoms with van der Waals surface area (Å²) in [5.41, 5.74) is 1.24. The monoisotopic (exact) mass is 679 g/mol. The molecule has 4 aromatic rings. The van der Waals surface area contributed by atoms with E-state index in [0.29, 0.717) is 24.9 Å². The first-order valence-electron chi connectivity index (χ1n) is 15.5. The number of ether oxygens (including phenoxy) is 3. The second-order valence-electron chi connectivity index (χ2n) is 11.8. The van der Waals surface area contributed by atoms with Crippen molar-refractivity contribution in [1.82, 2.24) is 14.8 Å². The van der Waals surface area contributed by atoms with Crippen molar-refractivity contribution < 1.29 is 41.4 Å². The third-order valence-corrected chi connectivity index (χ3v) is 8.29. The van der Waals surface area contributed by atoms with Crippen molar-refractivity contribution in [2.45, 2.75) is 19.6 Å². The Morgan fingerprint density at radius 2 is 1.73 bits per heavy atom. The van der Waals surface area contributed by atoms with Crippen molar-refractivity contribution in [3.8, 4) is 23.1 Å². The van der Waals surface area contributed by atoms with Crippen LogP contribution in [0.1, 0.15) is 27.0 Å². The molecule has 0 bridgehead atoms. The van der Waals surface area contributed by atoms with Crippen LogP contribution in [-0.4, -0.2) is 73.2 Å². The van der Waals surface area contributed by atoms with E-state index in [-0.39, 0.29) is 36.9 Å². The average molecular weight is 680 g/mol. The molecule has 1 fully saturated rings. The first kappa shape index (κ1) is 33.5. The van der Waals surface area contributed by atoms with Crippen LogP contribution in [0, 0.1) is 12.7 Å². The van der Waals surface area contributed by atoms with Gasteiger partial charge in [0, 0.05) is 51.5 Å². The lowest BCUT2D eigenvalue weighted by Gasteiger charge is -2.35. The Labute approximate surface area is 279 Å². The number of benzene rings is 3. The number of hydrogen-bond donors (Lipinski definition) is 1. The summed E-state index contributed by atoms with van der Waals surface area (Å²) in [6.07, 6.45) is -3.44. The second kappa shape index (κ2) is 14.0. The van der Waals surface area contributed by atoms with Crippen molar-refractivity contribution in [2.24, 2.45) is 0 Å². The molecule has 0 aliphatic carbocycles. The number of aromatic nitrogens is 1. The number of likely N-dealkylation sites (N-methyl/N-ethyl adjacent to an activating group) is 1. The van der Waals surface area contributed by atoms with E-state index in [0.717, 1.165) is 54.0 Å². The topological polar surface area (TPSA) is 96.5 Å². The highest BCUT2D eigenvalue weighted by molar-refractivity contribution is 6.04. The molecule has 10 nitrogen and oxygen atoms in total. The SMILES string of the molecule is Cc1cc(N(C)CC(=O)N2CCN(Cc3ccc4c(c3)OCO4)CC2)ccc1Oc1ccc(NC(=O)c2ccc(C(F)(F)F)cc2F)cn1. The maximum atomic E-state index is 14.2. The largest absolute Gasteiger partial charge is 0.454 e. The van der Waals surface area contributed by atoms with Gasteiger partial charge in [0.25, 0.3) is 5.91 Å². The lowest BCUT2D eigenvalue weighted by molar-refractivity contribution is -0.137. The van der Waals surface area contributed by atoms with E-state index in [1.165, 1.54) is 18.3 Å². The Hall–Kier alpha value is -5.37. The average Bonchev–Trinajstić information content (AvgIpc) is 3.54. The number of pyridine rings is 1. The van der Waals surface area contributed by atoms with Gasteiger partial charge in [0.2, 0.25) is 18.6 Å². The molecule has 3 aromatic carbocycles. The Balaban J connectivity index is 0.978. The molecule has 0 saturated carbocycles. The molecule has 0 unspecified atom stereocenters. The molecule has 1 aromatic heterocycles. The number of rotatable bonds is 9. The van der Waals surface area contributed by atoms with Gasteiger partial charge < -0.3 is 29.3 Å². The van der Waals surface area contributed by atoms with Crippen LogP contribution in [0.3, 0.4) is 0 Å². The maximum absolute atomic E-state index is 14.2. The molecular formula is C35H33F4N5O5. The van der Waals surface area contributed by atoms with Crippen molar-refractivity contribution in [3.05, 3.63) is 101 Å². The minimum absolute atomic E-state index is 0.0423. The Morgan fingerprint density at radius 3 is 2.43 bits per heavy atom. The highest BCUT2D eigenvalue weighted by Gasteiger charge is 2.32. The van der Waals surface area contributed by atoms with Crippen LogP contribution in [0.5, 0.6) is 23.1 Å². The van der Waals surface area contributed by atoms with Crippen LogP contribution >= 0.6 is 0 Å². The summed E-state index contributed by atoms with van der Waals surface area (Å²) >= 11 is 0. The lowest BCUT2D eigenvalue weighted by Crippen LogP contribution is -2.50. The lowest BCUT2D eigenvalue weighted by atomic mass is 10.1. The van der Waals surface area contributed by atoms with Gasteiger partial charge in [-0.05, 0) is 72.6 Å². The van der Waals surface area contributed by atoms with Crippen LogP contribution in [0.2, 0.25) is 0 Å². The fraction of sp³-hybridized carbons (Fsp3) is 0.286. The first-order chi connectivity index (χ1) is 23.4. The molecule has 1 saturated heterocycles. The molecule has 2 aliphatic heterocycles. The smallest absolute Gasteiger partial charge is 0.416 e. The predicted octanol–water partition coefficient (Wildman–Crippen LogP) is 6.10. The summed E-state index contributed by atoms with van der Waals surface area (Å²) < 4.78 is 69.4. The zero-order chi connectivity index (χ0) is 34.7. The quantitative estimate of drug-likeness (QED) is 0.212. The number of alkyl halides is 3. The van der Waals surface area contributed by atoms with Crippen molar-refractivity contribution in [1.29, 1.82) is 0 Å². The number of piperazine rings is 1. The van der Waals surface area contributed by atoms with Crippen molar-refractivity contribution in [3.63, 3.8) is 0 Å². The molecule has 2 aliphatic rings. The standard InChI is InChI=1S/C35H33F4N5O5/c1-22-15-26(42(2)20-33(45)44-13-11-43(12-14-44)19-23-3-8-30-31(16-23)48-21-47-30)6-9-29(22)49-32-10-5-25(18-40-32)41-34(46)27-7-4-24(17-28(27)36)35(37,38)39/h3-10,15-18H,11-14,19-21H2,1-2H3,(H,41,46). The van der Waals surface area contributed by atoms with Crippen LogP contribution < -0.4 is 24.4 Å². The fourth-order valence-corrected chi connectivity index (χ4v) is 5.53. The predicted molar refractivity (Wildman–Crippen MR) is 173 cm³/mol. The fourth-order valence-electron chi connectivity index (χ4n) is 5.53. The summed E-state index contributed by atoms with van der Waals surface area (Å²) in [7, 11) is 1.86. The van der Waals surface area contributed by atoms with Gasteiger partial charge in [-0.2, -0.15) is 13.2 Å². The molecule has 14 heteroatoms. The summed E-state index contributed by atoms with van der Waals surface area (Å²) in [6.45, 7) is 5.93. The molecule has 3 heterocycles. The Morgan fingerprint density at radius 1 is 0.959 bits per heavy atom. The Kier molecular flexibility index (Phi) is 9.58. The van der Waals surface area contributed by atoms with Crippen LogP contribution in [0.25, 0.3) is 0 Å². The van der Waals surface area contributed by atoms with E-state index < -0.39 is 29.0 Å². The zero-order valence-corrected chi connectivity index (χ0v) is 26.7. The van der Waals surface area contributed by atoms with Gasteiger partial charge in [-0.3, -0.25) is 14.5 Å². The third kappa shape index (κ3) is 8.03. The van der Waals surface area contributed by atoms with Crippen LogP contribution in [0.15, 0.2) is 72.9 Å². The molecule has 0 spiro atoms. The molecule has 256 valence electrons. The number of amides is 2. The summed E-state index contributed by atoms with van der Waals surface area (Å²) in [4.78, 5) is 35.8. The van der Waals surface area contributed by atoms with E-state index in [2.05, 4.69) is 15.2 Å². The van der Waals surface area contributed by atoms with E-state index in [1.807, 2.05) is 54.1 Å². The van der Waals surface area contributed by atoms with E-state index in [1.54, 1.807) is 6.07 Å². The van der Waals surface area contributed by atoms with Gasteiger partial charge >= 0.3 is 6.18 Å². The van der Waals surface area contributed by atoms with Gasteiger partial charge in [-0.25, -0.2) is 9.37 Å². The molecule has 0 radical (unpaired) electrons. The minimum atomic E-state index is -4.72. The first-order valence-corrected chi connectivity index (χ1v) is 15.5. The molecular weight excluding hydrogens is 646 g/mol. The molecule has 1 N–H and O–H groups in total. The number of anilines is 2. The van der Waals surface area contributed by atoms with E-state index in [9.17, 15) is 27.2 Å². The van der Waals surface area contributed by atoms with Gasteiger partial charge in [0.1, 0.15) is 11.6 Å². The number of aryl methyl sites for hydroxylation is 1. The van der Waals surface area contributed by atoms with Crippen LogP contribution in [-0.2, 0) is 17.5 Å². The molecule has 2 amide bonds. The maximum Gasteiger partial charge on any atom is 0.416 e. The van der Waals surface area contributed by atoms with Gasteiger partial charge in [0.05, 0.1) is 29.6 Å². The van der Waals surface area contributed by atoms with Gasteiger partial charge in [-0.15, -0.1) is 0 Å². The summed E-state index contributed by atoms with van der Waals surface area (Å²) in [5.74, 6) is 0.102. The number of fused-ring (bicyclic) bond motifs is 1. The van der Waals surface area contributed by atoms with Crippen molar-refractivity contribution in [2.75, 3.05) is 56.8 Å². The van der Waals surface area contributed by atoms with E-state index in [4.69, 9.17) is 14.2 Å². The summed E-state index contributed by atoms with van der Waals surface area (Å²) in [5, 5.41) is 2.41. The Bertz CT molecular complexity index is 1850. The number of nitrogens with one attached hydrogen (secondary N) is 1. The number of halogens is 4. The number of carbonyl (C=O) groups is 2. The number of hydrogen-bond acceptors (Lipinski definition) is 8. The number of nitrogens with zero attached hydrogens (tertiary/aromatic N) is 4. The molecule has 49 heavy (non-hydrogen) atoms. The highest BCUT2D eigenvalue weighted by Crippen LogP contribution is 2.33. The highest BCUT2D eigenvalue weighted by atomic mass is 19.4. The van der Waals surface area contributed by atoms with Crippen molar-refractivity contribution >= 4 is 23.2 Å². The van der Waals surface area contributed by atoms with E-state index >= 15 is 0 Å². The second-order valence-corrected chi connectivity index (χ2v) is 11.8. The van der Waals surface area contributed by atoms with Gasteiger partial charge in [-0.1, -0.05) is 6.07 Å². The zero-order valence-electron chi connectivity index (χ0n) is 26.7. The van der Waals surface area contributed by atoms with Crippen LogP contribution in [0.4, 0.5) is 28.9 Å². The third-order valence-electron chi connectivity index (χ3n) is 8.29. The van der Waals surface area contributed by atoms with Gasteiger partial charge in [0.15, 0.2) is 11.5 Å². The summed E-state index contributed by atoms with van der Waals surface area (Å²) in [6, 6.07) is 16.1. The normalized spacial score (nSPS) is 14.4.